The molecule has 4 aromatic rings. The molecule has 1 atom stereocenters. The molecule has 4 rings (SSSR count). The van der Waals surface area contributed by atoms with Gasteiger partial charge in [0.2, 0.25) is 0 Å². The Morgan fingerprint density at radius 2 is 1.70 bits per heavy atom. The standard InChI is InChI=1S/C28H24Cl2N2O4S/c1-16-26(31-28(34)36-17(2)21-6-4-5-7-23(21)29)27(37-32-16)20-11-9-19(10-12-20)22-13-8-18(14-24(22)30)15-25(33)35-3/h4-14,17H,15H2,1-3H3,(H,31,34). The molecule has 190 valence electrons. The third-order valence-electron chi connectivity index (χ3n) is 5.78. The number of hydrogen-bond acceptors (Lipinski definition) is 6. The zero-order valence-electron chi connectivity index (χ0n) is 20.4. The minimum Gasteiger partial charge on any atom is -0.469 e. The van der Waals surface area contributed by atoms with Gasteiger partial charge < -0.3 is 9.47 Å². The predicted molar refractivity (Wildman–Crippen MR) is 148 cm³/mol. The third-order valence-corrected chi connectivity index (χ3v) is 7.43. The average Bonchev–Trinajstić information content (AvgIpc) is 3.24. The third kappa shape index (κ3) is 6.31. The molecule has 1 unspecified atom stereocenters. The molecule has 9 heteroatoms. The number of aromatic nitrogens is 1. The Balaban J connectivity index is 1.50. The highest BCUT2D eigenvalue weighted by atomic mass is 35.5. The maximum atomic E-state index is 12.7. The summed E-state index contributed by atoms with van der Waals surface area (Å²) in [6, 6.07) is 20.6. The van der Waals surface area contributed by atoms with Gasteiger partial charge in [-0.1, -0.05) is 77.8 Å². The molecule has 0 aliphatic rings. The van der Waals surface area contributed by atoms with Crippen molar-refractivity contribution in [3.05, 3.63) is 93.6 Å². The summed E-state index contributed by atoms with van der Waals surface area (Å²) in [5, 5.41) is 3.92. The van der Waals surface area contributed by atoms with Crippen LogP contribution in [0.25, 0.3) is 21.6 Å². The molecule has 1 amide bonds. The summed E-state index contributed by atoms with van der Waals surface area (Å²) in [5.41, 5.74) is 5.45. The maximum absolute atomic E-state index is 12.7. The van der Waals surface area contributed by atoms with Crippen LogP contribution in [0.1, 0.15) is 29.8 Å². The molecule has 37 heavy (non-hydrogen) atoms. The fourth-order valence-corrected chi connectivity index (χ4v) is 5.27. The fourth-order valence-electron chi connectivity index (χ4n) is 3.82. The van der Waals surface area contributed by atoms with Crippen molar-refractivity contribution < 1.29 is 19.1 Å². The molecular weight excluding hydrogens is 531 g/mol. The summed E-state index contributed by atoms with van der Waals surface area (Å²) < 4.78 is 14.7. The van der Waals surface area contributed by atoms with E-state index in [1.807, 2.05) is 61.5 Å². The van der Waals surface area contributed by atoms with E-state index in [0.29, 0.717) is 21.4 Å². The van der Waals surface area contributed by atoms with Gasteiger partial charge >= 0.3 is 12.1 Å². The number of nitrogens with one attached hydrogen (secondary N) is 1. The van der Waals surface area contributed by atoms with Gasteiger partial charge in [0.25, 0.3) is 0 Å². The molecule has 1 aromatic heterocycles. The Morgan fingerprint density at radius 1 is 1.00 bits per heavy atom. The highest BCUT2D eigenvalue weighted by Crippen LogP contribution is 2.37. The van der Waals surface area contributed by atoms with Gasteiger partial charge in [0.05, 0.1) is 29.8 Å². The lowest BCUT2D eigenvalue weighted by atomic mass is 10.0. The SMILES string of the molecule is COC(=O)Cc1ccc(-c2ccc(-c3snc(C)c3NC(=O)OC(C)c3ccccc3Cl)cc2)c(Cl)c1. The summed E-state index contributed by atoms with van der Waals surface area (Å²) in [6.07, 6.45) is -0.949. The van der Waals surface area contributed by atoms with E-state index in [2.05, 4.69) is 9.69 Å². The number of methoxy groups -OCH3 is 1. The first kappa shape index (κ1) is 26.7. The van der Waals surface area contributed by atoms with Crippen LogP contribution < -0.4 is 5.32 Å². The Morgan fingerprint density at radius 3 is 2.38 bits per heavy atom. The Hall–Kier alpha value is -3.39. The highest BCUT2D eigenvalue weighted by molar-refractivity contribution is 7.10. The number of anilines is 1. The number of ether oxygens (including phenoxy) is 2. The topological polar surface area (TPSA) is 77.5 Å². The second-order valence-corrected chi connectivity index (χ2v) is 9.90. The van der Waals surface area contributed by atoms with Crippen LogP contribution in [0.4, 0.5) is 10.5 Å². The van der Waals surface area contributed by atoms with E-state index in [1.54, 1.807) is 19.1 Å². The smallest absolute Gasteiger partial charge is 0.412 e. The van der Waals surface area contributed by atoms with Crippen LogP contribution in [-0.2, 0) is 20.7 Å². The number of amides is 1. The summed E-state index contributed by atoms with van der Waals surface area (Å²) in [6.45, 7) is 3.60. The minimum absolute atomic E-state index is 0.162. The summed E-state index contributed by atoms with van der Waals surface area (Å²) in [4.78, 5) is 25.0. The van der Waals surface area contributed by atoms with Crippen molar-refractivity contribution in [3.8, 4) is 21.6 Å². The number of hydrogen-bond donors (Lipinski definition) is 1. The van der Waals surface area contributed by atoms with Crippen LogP contribution in [0.2, 0.25) is 10.0 Å². The van der Waals surface area contributed by atoms with Crippen LogP contribution in [0, 0.1) is 6.92 Å². The molecule has 0 saturated carbocycles. The van der Waals surface area contributed by atoms with Gasteiger partial charge in [-0.25, -0.2) is 4.79 Å². The summed E-state index contributed by atoms with van der Waals surface area (Å²) in [7, 11) is 1.36. The van der Waals surface area contributed by atoms with Crippen molar-refractivity contribution in [3.63, 3.8) is 0 Å². The van der Waals surface area contributed by atoms with Crippen molar-refractivity contribution in [2.75, 3.05) is 12.4 Å². The number of carbonyl (C=O) groups is 2. The van der Waals surface area contributed by atoms with E-state index < -0.39 is 12.2 Å². The lowest BCUT2D eigenvalue weighted by Gasteiger charge is -2.16. The monoisotopic (exact) mass is 554 g/mol. The van der Waals surface area contributed by atoms with Crippen molar-refractivity contribution in [1.29, 1.82) is 0 Å². The molecule has 0 bridgehead atoms. The zero-order chi connectivity index (χ0) is 26.5. The molecule has 0 aliphatic heterocycles. The number of rotatable bonds is 7. The van der Waals surface area contributed by atoms with Gasteiger partial charge in [-0.2, -0.15) is 4.37 Å². The highest BCUT2D eigenvalue weighted by Gasteiger charge is 2.19. The first-order chi connectivity index (χ1) is 17.8. The van der Waals surface area contributed by atoms with E-state index in [-0.39, 0.29) is 12.4 Å². The molecule has 0 radical (unpaired) electrons. The number of aryl methyl sites for hydroxylation is 1. The van der Waals surface area contributed by atoms with Crippen molar-refractivity contribution in [2.24, 2.45) is 0 Å². The van der Waals surface area contributed by atoms with Gasteiger partial charge in [0, 0.05) is 21.2 Å². The maximum Gasteiger partial charge on any atom is 0.412 e. The number of benzene rings is 3. The second-order valence-electron chi connectivity index (χ2n) is 8.31. The minimum atomic E-state index is -0.590. The summed E-state index contributed by atoms with van der Waals surface area (Å²) >= 11 is 14.0. The van der Waals surface area contributed by atoms with E-state index >= 15 is 0 Å². The van der Waals surface area contributed by atoms with Gasteiger partial charge in [0.1, 0.15) is 6.10 Å². The van der Waals surface area contributed by atoms with Crippen LogP contribution in [0.15, 0.2) is 66.7 Å². The number of halogens is 2. The van der Waals surface area contributed by atoms with E-state index in [0.717, 1.165) is 32.7 Å². The van der Waals surface area contributed by atoms with Crippen LogP contribution in [0.5, 0.6) is 0 Å². The molecule has 0 aliphatic carbocycles. The van der Waals surface area contributed by atoms with Crippen LogP contribution in [-0.4, -0.2) is 23.5 Å². The number of esters is 1. The number of carbonyl (C=O) groups excluding carboxylic acids is 2. The molecule has 1 heterocycles. The van der Waals surface area contributed by atoms with Gasteiger partial charge in [0.15, 0.2) is 0 Å². The largest absolute Gasteiger partial charge is 0.469 e. The first-order valence-electron chi connectivity index (χ1n) is 11.4. The molecule has 0 saturated heterocycles. The Bertz CT molecular complexity index is 1440. The average molecular weight is 555 g/mol. The molecule has 1 N–H and O–H groups in total. The lowest BCUT2D eigenvalue weighted by molar-refractivity contribution is -0.139. The molecule has 0 spiro atoms. The van der Waals surface area contributed by atoms with E-state index in [4.69, 9.17) is 32.7 Å². The lowest BCUT2D eigenvalue weighted by Crippen LogP contribution is -2.16. The van der Waals surface area contributed by atoms with Gasteiger partial charge in [-0.05, 0) is 54.2 Å². The Labute approximate surface area is 229 Å². The van der Waals surface area contributed by atoms with Crippen molar-refractivity contribution >= 4 is 52.5 Å². The van der Waals surface area contributed by atoms with Crippen LogP contribution in [0.3, 0.4) is 0 Å². The molecule has 6 nitrogen and oxygen atoms in total. The van der Waals surface area contributed by atoms with E-state index in [9.17, 15) is 9.59 Å². The van der Waals surface area contributed by atoms with Gasteiger partial charge in [-0.3, -0.25) is 10.1 Å². The normalized spacial score (nSPS) is 11.6. The van der Waals surface area contributed by atoms with Gasteiger partial charge in [-0.15, -0.1) is 0 Å². The predicted octanol–water partition coefficient (Wildman–Crippen LogP) is 8.12. The summed E-state index contributed by atoms with van der Waals surface area (Å²) in [5.74, 6) is -0.320. The fraction of sp³-hybridized carbons (Fsp3) is 0.179. The van der Waals surface area contributed by atoms with E-state index in [1.165, 1.54) is 18.6 Å². The molecular formula is C28H24Cl2N2O4S. The van der Waals surface area contributed by atoms with Crippen molar-refractivity contribution in [1.82, 2.24) is 4.37 Å². The Kier molecular flexibility index (Phi) is 8.48. The quantitative estimate of drug-likeness (QED) is 0.233. The first-order valence-corrected chi connectivity index (χ1v) is 12.9. The zero-order valence-corrected chi connectivity index (χ0v) is 22.7. The molecule has 0 fully saturated rings. The number of nitrogens with zero attached hydrogens (tertiary/aromatic N) is 1. The molecule has 3 aromatic carbocycles. The second kappa shape index (κ2) is 11.8. The van der Waals surface area contributed by atoms with Crippen LogP contribution >= 0.6 is 34.7 Å². The van der Waals surface area contributed by atoms with Crippen molar-refractivity contribution in [2.45, 2.75) is 26.4 Å².